The van der Waals surface area contributed by atoms with Gasteiger partial charge in [0.05, 0.1) is 18.0 Å². The number of hydrogen-bond acceptors (Lipinski definition) is 4. The van der Waals surface area contributed by atoms with Gasteiger partial charge in [-0.05, 0) is 36.8 Å². The maximum absolute atomic E-state index is 12.4. The fourth-order valence-corrected chi connectivity index (χ4v) is 6.41. The number of nitrogens with one attached hydrogen (secondary N) is 1. The first kappa shape index (κ1) is 17.7. The van der Waals surface area contributed by atoms with Crippen molar-refractivity contribution >= 4 is 5.91 Å². The SMILES string of the molecule is O=C(Cn1ccnc1)NC[C@H]1[C@H]2CN(C3Cc4ccccc4C3)C[C@]23CC[C@H]1O3. The number of ether oxygens (including phenoxy) is 1. The van der Waals surface area contributed by atoms with E-state index >= 15 is 0 Å². The van der Waals surface area contributed by atoms with Gasteiger partial charge >= 0.3 is 0 Å². The lowest BCUT2D eigenvalue weighted by atomic mass is 9.73. The van der Waals surface area contributed by atoms with Crippen LogP contribution in [-0.2, 0) is 28.9 Å². The highest BCUT2D eigenvalue weighted by Crippen LogP contribution is 2.55. The summed E-state index contributed by atoms with van der Waals surface area (Å²) in [7, 11) is 0. The second kappa shape index (κ2) is 6.67. The first-order valence-corrected chi connectivity index (χ1v) is 10.9. The van der Waals surface area contributed by atoms with Crippen molar-refractivity contribution in [3.8, 4) is 0 Å². The Labute approximate surface area is 171 Å². The lowest BCUT2D eigenvalue weighted by Crippen LogP contribution is -2.42. The van der Waals surface area contributed by atoms with Gasteiger partial charge in [0.1, 0.15) is 6.54 Å². The Morgan fingerprint density at radius 2 is 2.10 bits per heavy atom. The average molecular weight is 393 g/mol. The number of aromatic nitrogens is 2. The molecule has 0 radical (unpaired) electrons. The zero-order valence-corrected chi connectivity index (χ0v) is 16.7. The molecule has 1 spiro atoms. The second-order valence-corrected chi connectivity index (χ2v) is 9.33. The largest absolute Gasteiger partial charge is 0.370 e. The van der Waals surface area contributed by atoms with Gasteiger partial charge in [0, 0.05) is 49.9 Å². The number of rotatable bonds is 5. The summed E-state index contributed by atoms with van der Waals surface area (Å²) in [6.45, 7) is 3.23. The van der Waals surface area contributed by atoms with Crippen LogP contribution in [0.1, 0.15) is 24.0 Å². The van der Waals surface area contributed by atoms with Gasteiger partial charge in [0.15, 0.2) is 0 Å². The topological polar surface area (TPSA) is 59.4 Å². The third-order valence-electron chi connectivity index (χ3n) is 7.78. The minimum absolute atomic E-state index is 0.0270. The summed E-state index contributed by atoms with van der Waals surface area (Å²) in [5, 5.41) is 3.17. The van der Waals surface area contributed by atoms with Crippen molar-refractivity contribution < 1.29 is 9.53 Å². The van der Waals surface area contributed by atoms with Crippen molar-refractivity contribution in [1.29, 1.82) is 0 Å². The normalized spacial score (nSPS) is 33.2. The summed E-state index contributed by atoms with van der Waals surface area (Å²) in [5.74, 6) is 1.03. The number of imidazole rings is 1. The Balaban J connectivity index is 1.11. The zero-order valence-electron chi connectivity index (χ0n) is 16.7. The van der Waals surface area contributed by atoms with Crippen LogP contribution in [0.4, 0.5) is 0 Å². The highest BCUT2D eigenvalue weighted by Gasteiger charge is 2.63. The van der Waals surface area contributed by atoms with Crippen LogP contribution in [0.5, 0.6) is 0 Å². The molecule has 3 saturated heterocycles. The lowest BCUT2D eigenvalue weighted by molar-refractivity contribution is -0.122. The van der Waals surface area contributed by atoms with Gasteiger partial charge in [-0.3, -0.25) is 9.69 Å². The van der Waals surface area contributed by atoms with E-state index in [1.807, 2.05) is 10.8 Å². The standard InChI is InChI=1S/C23H28N4O2/c28-22(13-26-8-7-24-15-26)25-11-19-20-12-27(14-23(20)6-5-21(19)29-23)18-9-16-3-1-2-4-17(16)10-18/h1-4,7-8,15,18-21H,5-6,9-14H2,(H,25,28)/t19-,20+,21+,23+/m0/s1. The predicted octanol–water partition coefficient (Wildman–Crippen LogP) is 1.65. The lowest BCUT2D eigenvalue weighted by Gasteiger charge is -2.29. The number of carbonyl (C=O) groups excluding carboxylic acids is 1. The fourth-order valence-electron chi connectivity index (χ4n) is 6.41. The van der Waals surface area contributed by atoms with Crippen LogP contribution in [0.2, 0.25) is 0 Å². The van der Waals surface area contributed by atoms with E-state index in [0.717, 1.165) is 38.9 Å². The molecule has 1 N–H and O–H groups in total. The minimum Gasteiger partial charge on any atom is -0.370 e. The number of likely N-dealkylation sites (tertiary alicyclic amines) is 1. The number of fused-ring (bicyclic) bond motifs is 2. The highest BCUT2D eigenvalue weighted by atomic mass is 16.5. The van der Waals surface area contributed by atoms with E-state index in [0.29, 0.717) is 30.5 Å². The summed E-state index contributed by atoms with van der Waals surface area (Å²) in [6, 6.07) is 9.49. The van der Waals surface area contributed by atoms with Crippen LogP contribution in [0, 0.1) is 11.8 Å². The third kappa shape index (κ3) is 2.92. The van der Waals surface area contributed by atoms with Crippen LogP contribution in [0.25, 0.3) is 0 Å². The summed E-state index contributed by atoms with van der Waals surface area (Å²) in [4.78, 5) is 19.0. The highest BCUT2D eigenvalue weighted by molar-refractivity contribution is 5.75. The first-order chi connectivity index (χ1) is 14.2. The molecule has 29 heavy (non-hydrogen) atoms. The van der Waals surface area contributed by atoms with Crippen molar-refractivity contribution in [3.63, 3.8) is 0 Å². The van der Waals surface area contributed by atoms with Gasteiger partial charge < -0.3 is 14.6 Å². The van der Waals surface area contributed by atoms with Crippen molar-refractivity contribution in [2.45, 2.75) is 50.0 Å². The molecule has 6 nitrogen and oxygen atoms in total. The molecule has 4 aliphatic rings. The van der Waals surface area contributed by atoms with E-state index in [-0.39, 0.29) is 11.5 Å². The number of hydrogen-bond donors (Lipinski definition) is 1. The monoisotopic (exact) mass is 392 g/mol. The van der Waals surface area contributed by atoms with E-state index in [4.69, 9.17) is 4.74 Å². The zero-order chi connectivity index (χ0) is 19.4. The molecule has 152 valence electrons. The minimum atomic E-state index is 0.0270. The van der Waals surface area contributed by atoms with Gasteiger partial charge in [-0.15, -0.1) is 0 Å². The smallest absolute Gasteiger partial charge is 0.239 e. The first-order valence-electron chi connectivity index (χ1n) is 10.9. The Kier molecular flexibility index (Phi) is 4.06. The van der Waals surface area contributed by atoms with Gasteiger partial charge in [0.25, 0.3) is 0 Å². The number of amides is 1. The molecular formula is C23H28N4O2. The van der Waals surface area contributed by atoms with Crippen LogP contribution < -0.4 is 5.32 Å². The fraction of sp³-hybridized carbons (Fsp3) is 0.565. The van der Waals surface area contributed by atoms with E-state index < -0.39 is 0 Å². The quantitative estimate of drug-likeness (QED) is 0.841. The van der Waals surface area contributed by atoms with E-state index in [1.54, 1.807) is 12.5 Å². The molecule has 6 heteroatoms. The molecule has 1 aromatic carbocycles. The summed E-state index contributed by atoms with van der Waals surface area (Å²) in [5.41, 5.74) is 3.06. The number of carbonyl (C=O) groups is 1. The van der Waals surface area contributed by atoms with Gasteiger partial charge in [-0.2, -0.15) is 0 Å². The Morgan fingerprint density at radius 1 is 1.28 bits per heavy atom. The Bertz CT molecular complexity index is 888. The number of nitrogens with zero attached hydrogens (tertiary/aromatic N) is 3. The molecule has 3 fully saturated rings. The van der Waals surface area contributed by atoms with Crippen LogP contribution in [0.15, 0.2) is 43.0 Å². The maximum atomic E-state index is 12.4. The molecule has 4 atom stereocenters. The molecule has 4 heterocycles. The Morgan fingerprint density at radius 3 is 2.86 bits per heavy atom. The molecule has 0 unspecified atom stereocenters. The molecule has 1 aliphatic carbocycles. The molecule has 1 aromatic heterocycles. The summed E-state index contributed by atoms with van der Waals surface area (Å²) < 4.78 is 8.40. The second-order valence-electron chi connectivity index (χ2n) is 9.33. The van der Waals surface area contributed by atoms with E-state index in [2.05, 4.69) is 39.5 Å². The van der Waals surface area contributed by atoms with Crippen molar-refractivity contribution in [1.82, 2.24) is 19.8 Å². The van der Waals surface area contributed by atoms with E-state index in [9.17, 15) is 4.79 Å². The molecule has 6 rings (SSSR count). The van der Waals surface area contributed by atoms with Crippen LogP contribution in [-0.4, -0.2) is 57.7 Å². The van der Waals surface area contributed by atoms with Crippen LogP contribution in [0.3, 0.4) is 0 Å². The van der Waals surface area contributed by atoms with Gasteiger partial charge in [0.2, 0.25) is 5.91 Å². The molecule has 0 saturated carbocycles. The van der Waals surface area contributed by atoms with Gasteiger partial charge in [-0.1, -0.05) is 24.3 Å². The van der Waals surface area contributed by atoms with E-state index in [1.165, 1.54) is 17.5 Å². The summed E-state index contributed by atoms with van der Waals surface area (Å²) >= 11 is 0. The van der Waals surface area contributed by atoms with Crippen LogP contribution >= 0.6 is 0 Å². The maximum Gasteiger partial charge on any atom is 0.239 e. The van der Waals surface area contributed by atoms with Crippen molar-refractivity contribution in [2.75, 3.05) is 19.6 Å². The molecule has 2 aromatic rings. The predicted molar refractivity (Wildman–Crippen MR) is 108 cm³/mol. The molecule has 2 bridgehead atoms. The third-order valence-corrected chi connectivity index (χ3v) is 7.78. The summed E-state index contributed by atoms with van der Waals surface area (Å²) in [6.07, 6.45) is 10.2. The average Bonchev–Trinajstić information content (AvgIpc) is 3.51. The Hall–Kier alpha value is -2.18. The molecule has 1 amide bonds. The van der Waals surface area contributed by atoms with Crippen molar-refractivity contribution in [3.05, 3.63) is 54.1 Å². The van der Waals surface area contributed by atoms with Gasteiger partial charge in [-0.25, -0.2) is 4.98 Å². The number of benzene rings is 1. The molecular weight excluding hydrogens is 364 g/mol. The molecule has 3 aliphatic heterocycles. The van der Waals surface area contributed by atoms with Crippen molar-refractivity contribution in [2.24, 2.45) is 11.8 Å².